The third-order valence-electron chi connectivity index (χ3n) is 3.45. The zero-order valence-electron chi connectivity index (χ0n) is 14.0. The molecule has 0 fully saturated rings. The number of hydrogen-bond acceptors (Lipinski definition) is 3. The molecular weight excluding hydrogens is 438 g/mol. The van der Waals surface area contributed by atoms with Crippen LogP contribution in [0.25, 0.3) is 0 Å². The van der Waals surface area contributed by atoms with E-state index < -0.39 is 4.92 Å². The summed E-state index contributed by atoms with van der Waals surface area (Å²) >= 11 is 0. The Hall–Kier alpha value is -2.23. The number of non-ortho nitro benzene ring substituents is 1. The lowest BCUT2D eigenvalue weighted by molar-refractivity contribution is -0.384. The molecule has 134 valence electrons. The Morgan fingerprint density at radius 3 is 2.56 bits per heavy atom. The van der Waals surface area contributed by atoms with Gasteiger partial charge in [0.2, 0.25) is 0 Å². The highest BCUT2D eigenvalue weighted by Gasteiger charge is 2.09. The van der Waals surface area contributed by atoms with Crippen LogP contribution in [-0.2, 0) is 13.1 Å². The molecule has 8 heteroatoms. The van der Waals surface area contributed by atoms with Gasteiger partial charge in [-0.05, 0) is 23.3 Å². The van der Waals surface area contributed by atoms with Crippen LogP contribution in [0.1, 0.15) is 11.1 Å². The third kappa shape index (κ3) is 6.29. The van der Waals surface area contributed by atoms with Crippen molar-refractivity contribution in [3.8, 4) is 0 Å². The Balaban J connectivity index is 0.00000312. The quantitative estimate of drug-likeness (QED) is 0.245. The highest BCUT2D eigenvalue weighted by atomic mass is 127. The van der Waals surface area contributed by atoms with Crippen molar-refractivity contribution in [2.45, 2.75) is 13.1 Å². The minimum absolute atomic E-state index is 0. The maximum Gasteiger partial charge on any atom is 0.269 e. The van der Waals surface area contributed by atoms with Crippen LogP contribution >= 0.6 is 24.0 Å². The van der Waals surface area contributed by atoms with E-state index >= 15 is 0 Å². The van der Waals surface area contributed by atoms with E-state index in [1.807, 2.05) is 18.0 Å². The molecule has 0 aromatic heterocycles. The lowest BCUT2D eigenvalue weighted by Crippen LogP contribution is -2.38. The zero-order valence-corrected chi connectivity index (χ0v) is 16.3. The highest BCUT2D eigenvalue weighted by Crippen LogP contribution is 2.13. The Morgan fingerprint density at radius 2 is 1.92 bits per heavy atom. The van der Waals surface area contributed by atoms with Crippen molar-refractivity contribution in [1.82, 2.24) is 10.2 Å². The Morgan fingerprint density at radius 1 is 1.24 bits per heavy atom. The highest BCUT2D eigenvalue weighted by molar-refractivity contribution is 14.0. The van der Waals surface area contributed by atoms with Crippen molar-refractivity contribution in [2.24, 2.45) is 4.99 Å². The van der Waals surface area contributed by atoms with Crippen molar-refractivity contribution < 1.29 is 9.31 Å². The monoisotopic (exact) mass is 458 g/mol. The molecule has 0 aliphatic heterocycles. The summed E-state index contributed by atoms with van der Waals surface area (Å²) in [5, 5.41) is 14.0. The standard InChI is InChI=1S/C17H19FN4O2.HI/c1-19-17(21(2)12-14-6-3-7-15(18)9-14)20-11-13-5-4-8-16(10-13)22(23)24;/h3-10H,11-12H2,1-2H3,(H,19,20);1H. The molecule has 0 unspecified atom stereocenters. The van der Waals surface area contributed by atoms with Gasteiger partial charge in [0.15, 0.2) is 5.96 Å². The molecule has 0 saturated heterocycles. The van der Waals surface area contributed by atoms with Gasteiger partial charge in [0.1, 0.15) is 5.82 Å². The predicted molar refractivity (Wildman–Crippen MR) is 107 cm³/mol. The lowest BCUT2D eigenvalue weighted by atomic mass is 10.2. The van der Waals surface area contributed by atoms with Crippen LogP contribution < -0.4 is 5.32 Å². The van der Waals surface area contributed by atoms with Gasteiger partial charge in [-0.25, -0.2) is 4.39 Å². The van der Waals surface area contributed by atoms with Crippen molar-refractivity contribution in [3.63, 3.8) is 0 Å². The second-order valence-corrected chi connectivity index (χ2v) is 5.31. The van der Waals surface area contributed by atoms with E-state index in [-0.39, 0.29) is 35.5 Å². The van der Waals surface area contributed by atoms with Crippen LogP contribution in [0.2, 0.25) is 0 Å². The van der Waals surface area contributed by atoms with E-state index in [0.29, 0.717) is 19.0 Å². The molecule has 25 heavy (non-hydrogen) atoms. The molecule has 1 N–H and O–H groups in total. The van der Waals surface area contributed by atoms with Crippen LogP contribution in [0, 0.1) is 15.9 Å². The topological polar surface area (TPSA) is 70.8 Å². The fourth-order valence-corrected chi connectivity index (χ4v) is 2.33. The molecule has 0 spiro atoms. The van der Waals surface area contributed by atoms with Gasteiger partial charge in [0.05, 0.1) is 4.92 Å². The predicted octanol–water partition coefficient (Wildman–Crippen LogP) is 3.56. The summed E-state index contributed by atoms with van der Waals surface area (Å²) in [7, 11) is 3.49. The molecule has 2 aromatic rings. The number of nitro groups is 1. The van der Waals surface area contributed by atoms with Crippen LogP contribution in [0.5, 0.6) is 0 Å². The summed E-state index contributed by atoms with van der Waals surface area (Å²) in [4.78, 5) is 16.4. The normalized spacial score (nSPS) is 10.8. The Labute approximate surface area is 162 Å². The second kappa shape index (κ2) is 9.92. The van der Waals surface area contributed by atoms with Gasteiger partial charge >= 0.3 is 0 Å². The molecule has 6 nitrogen and oxygen atoms in total. The van der Waals surface area contributed by atoms with Crippen LogP contribution in [0.3, 0.4) is 0 Å². The van der Waals surface area contributed by atoms with E-state index in [4.69, 9.17) is 0 Å². The number of nitrogens with zero attached hydrogens (tertiary/aromatic N) is 3. The van der Waals surface area contributed by atoms with E-state index in [2.05, 4.69) is 10.3 Å². The number of nitro benzene ring substituents is 1. The number of nitrogens with one attached hydrogen (secondary N) is 1. The first-order valence-corrected chi connectivity index (χ1v) is 7.39. The zero-order chi connectivity index (χ0) is 17.5. The van der Waals surface area contributed by atoms with E-state index in [1.54, 1.807) is 25.2 Å². The van der Waals surface area contributed by atoms with Gasteiger partial charge in [-0.2, -0.15) is 0 Å². The molecule has 0 saturated carbocycles. The summed E-state index contributed by atoms with van der Waals surface area (Å²) in [6, 6.07) is 12.8. The molecule has 0 bridgehead atoms. The molecular formula is C17H20FIN4O2. The molecule has 0 aliphatic rings. The number of halogens is 2. The first-order chi connectivity index (χ1) is 11.5. The van der Waals surface area contributed by atoms with Gasteiger partial charge in [-0.15, -0.1) is 24.0 Å². The van der Waals surface area contributed by atoms with Gasteiger partial charge < -0.3 is 10.2 Å². The maximum atomic E-state index is 13.3. The molecule has 0 radical (unpaired) electrons. The largest absolute Gasteiger partial charge is 0.352 e. The lowest BCUT2D eigenvalue weighted by Gasteiger charge is -2.22. The molecule has 0 atom stereocenters. The summed E-state index contributed by atoms with van der Waals surface area (Å²) in [6.07, 6.45) is 0. The molecule has 2 aromatic carbocycles. The van der Waals surface area contributed by atoms with Crippen LogP contribution in [0.4, 0.5) is 10.1 Å². The van der Waals surface area contributed by atoms with Gasteiger partial charge in [-0.1, -0.05) is 24.3 Å². The number of hydrogen-bond donors (Lipinski definition) is 1. The summed E-state index contributed by atoms with van der Waals surface area (Å²) < 4.78 is 13.3. The van der Waals surface area contributed by atoms with Gasteiger partial charge in [-0.3, -0.25) is 15.1 Å². The summed E-state index contributed by atoms with van der Waals surface area (Å²) in [5.74, 6) is 0.339. The summed E-state index contributed by atoms with van der Waals surface area (Å²) in [5.41, 5.74) is 1.66. The fourth-order valence-electron chi connectivity index (χ4n) is 2.33. The SMILES string of the molecule is CN=C(NCc1cccc([N+](=O)[O-])c1)N(C)Cc1cccc(F)c1.I. The second-order valence-electron chi connectivity index (χ2n) is 5.31. The Bertz CT molecular complexity index is 755. The van der Waals surface area contributed by atoms with Crippen LogP contribution in [0.15, 0.2) is 53.5 Å². The smallest absolute Gasteiger partial charge is 0.269 e. The van der Waals surface area contributed by atoms with Crippen LogP contribution in [-0.4, -0.2) is 29.9 Å². The summed E-state index contributed by atoms with van der Waals surface area (Å²) in [6.45, 7) is 0.897. The Kier molecular flexibility index (Phi) is 8.26. The van der Waals surface area contributed by atoms with Crippen molar-refractivity contribution >= 4 is 35.6 Å². The van der Waals surface area contributed by atoms with Gasteiger partial charge in [0.25, 0.3) is 5.69 Å². The third-order valence-corrected chi connectivity index (χ3v) is 3.45. The average molecular weight is 458 g/mol. The van der Waals surface area contributed by atoms with E-state index in [9.17, 15) is 14.5 Å². The number of benzene rings is 2. The maximum absolute atomic E-state index is 13.3. The number of rotatable bonds is 5. The molecule has 2 rings (SSSR count). The first kappa shape index (κ1) is 20.8. The molecule has 0 amide bonds. The minimum atomic E-state index is -0.422. The fraction of sp³-hybridized carbons (Fsp3) is 0.235. The van der Waals surface area contributed by atoms with E-state index in [1.165, 1.54) is 24.3 Å². The first-order valence-electron chi connectivity index (χ1n) is 7.39. The molecule has 0 aliphatic carbocycles. The average Bonchev–Trinajstić information content (AvgIpc) is 2.55. The molecule has 0 heterocycles. The van der Waals surface area contributed by atoms with Gasteiger partial charge in [0, 0.05) is 39.3 Å². The number of guanidine groups is 1. The number of aliphatic imine (C=N–C) groups is 1. The van der Waals surface area contributed by atoms with Crippen molar-refractivity contribution in [2.75, 3.05) is 14.1 Å². The van der Waals surface area contributed by atoms with Crippen molar-refractivity contribution in [1.29, 1.82) is 0 Å². The minimum Gasteiger partial charge on any atom is -0.352 e. The van der Waals surface area contributed by atoms with Crippen molar-refractivity contribution in [3.05, 3.63) is 75.6 Å². The van der Waals surface area contributed by atoms with E-state index in [0.717, 1.165) is 11.1 Å².